The zero-order valence-corrected chi connectivity index (χ0v) is 11.6. The molecule has 3 unspecified atom stereocenters. The number of rotatable bonds is 6. The van der Waals surface area contributed by atoms with Gasteiger partial charge in [-0.15, -0.1) is 0 Å². The van der Waals surface area contributed by atoms with E-state index in [1.165, 1.54) is 11.8 Å². The van der Waals surface area contributed by atoms with Gasteiger partial charge in [-0.05, 0) is 36.7 Å². The van der Waals surface area contributed by atoms with Gasteiger partial charge in [-0.2, -0.15) is 0 Å². The molecule has 2 rings (SSSR count). The summed E-state index contributed by atoms with van der Waals surface area (Å²) in [7, 11) is -2.85. The van der Waals surface area contributed by atoms with Crippen LogP contribution < -0.4 is 5.73 Å². The Morgan fingerprint density at radius 3 is 2.61 bits per heavy atom. The van der Waals surface area contributed by atoms with Gasteiger partial charge in [0, 0.05) is 18.1 Å². The van der Waals surface area contributed by atoms with Crippen LogP contribution in [0.3, 0.4) is 0 Å². The highest BCUT2D eigenvalue weighted by molar-refractivity contribution is 7.90. The predicted molar refractivity (Wildman–Crippen MR) is 74.2 cm³/mol. The largest absolute Gasteiger partial charge is 0.327 e. The summed E-state index contributed by atoms with van der Waals surface area (Å²) in [4.78, 5) is 0. The van der Waals surface area contributed by atoms with Crippen molar-refractivity contribution in [1.82, 2.24) is 0 Å². The number of hydrogen-bond donors (Lipinski definition) is 1. The van der Waals surface area contributed by atoms with E-state index >= 15 is 0 Å². The minimum atomic E-state index is -2.85. The van der Waals surface area contributed by atoms with Crippen molar-refractivity contribution >= 4 is 9.84 Å². The van der Waals surface area contributed by atoms with Crippen molar-refractivity contribution in [2.45, 2.75) is 31.2 Å². The van der Waals surface area contributed by atoms with Crippen molar-refractivity contribution in [3.05, 3.63) is 35.9 Å². The van der Waals surface area contributed by atoms with Gasteiger partial charge in [0.25, 0.3) is 0 Å². The lowest BCUT2D eigenvalue weighted by Gasteiger charge is -2.10. The molecule has 0 amide bonds. The van der Waals surface area contributed by atoms with E-state index in [4.69, 9.17) is 5.73 Å². The fraction of sp³-hybridized carbons (Fsp3) is 0.571. The van der Waals surface area contributed by atoms with E-state index in [9.17, 15) is 8.42 Å². The van der Waals surface area contributed by atoms with E-state index in [2.05, 4.69) is 24.3 Å². The molecule has 1 aromatic carbocycles. The van der Waals surface area contributed by atoms with Gasteiger partial charge < -0.3 is 5.73 Å². The average Bonchev–Trinajstić information content (AvgIpc) is 3.08. The van der Waals surface area contributed by atoms with Gasteiger partial charge in [0.15, 0.2) is 0 Å². The Morgan fingerprint density at radius 1 is 1.33 bits per heavy atom. The molecule has 0 saturated heterocycles. The molecule has 1 fully saturated rings. The molecular formula is C14H21NO2S. The zero-order valence-electron chi connectivity index (χ0n) is 10.7. The number of benzene rings is 1. The summed E-state index contributed by atoms with van der Waals surface area (Å²) < 4.78 is 22.1. The van der Waals surface area contributed by atoms with E-state index in [0.29, 0.717) is 18.3 Å². The third kappa shape index (κ3) is 3.82. The van der Waals surface area contributed by atoms with Crippen molar-refractivity contribution in [2.75, 3.05) is 12.0 Å². The Balaban J connectivity index is 1.78. The van der Waals surface area contributed by atoms with Crippen molar-refractivity contribution in [3.8, 4) is 0 Å². The molecule has 0 radical (unpaired) electrons. The summed E-state index contributed by atoms with van der Waals surface area (Å²) in [6, 6.07) is 10.6. The van der Waals surface area contributed by atoms with Gasteiger partial charge in [0.2, 0.25) is 0 Å². The molecule has 18 heavy (non-hydrogen) atoms. The zero-order chi connectivity index (χ0) is 13.2. The monoisotopic (exact) mass is 267 g/mol. The highest BCUT2D eigenvalue weighted by atomic mass is 32.2. The molecular weight excluding hydrogens is 246 g/mol. The van der Waals surface area contributed by atoms with E-state index in [1.54, 1.807) is 0 Å². The second kappa shape index (κ2) is 5.41. The Hall–Kier alpha value is -0.870. The second-order valence-corrected chi connectivity index (χ2v) is 7.61. The molecule has 1 aliphatic rings. The molecule has 0 aliphatic heterocycles. The fourth-order valence-electron chi connectivity index (χ4n) is 2.57. The topological polar surface area (TPSA) is 60.2 Å². The molecule has 100 valence electrons. The summed E-state index contributed by atoms with van der Waals surface area (Å²) in [6.45, 7) is 0. The smallest absolute Gasteiger partial charge is 0.147 e. The SMILES string of the molecule is CS(=O)(=O)CCCC(N)C1CC1c1ccccc1. The Bertz CT molecular complexity index is 484. The number of nitrogens with two attached hydrogens (primary N) is 1. The molecule has 1 aromatic rings. The van der Waals surface area contributed by atoms with Crippen LogP contribution in [0.5, 0.6) is 0 Å². The maximum Gasteiger partial charge on any atom is 0.147 e. The minimum Gasteiger partial charge on any atom is -0.327 e. The first-order valence-electron chi connectivity index (χ1n) is 6.45. The maximum atomic E-state index is 11.0. The molecule has 3 nitrogen and oxygen atoms in total. The predicted octanol–water partition coefficient (Wildman–Crippen LogP) is 1.94. The van der Waals surface area contributed by atoms with Gasteiger partial charge in [-0.1, -0.05) is 30.3 Å². The van der Waals surface area contributed by atoms with Crippen LogP contribution in [-0.2, 0) is 9.84 Å². The summed E-state index contributed by atoms with van der Waals surface area (Å²) >= 11 is 0. The van der Waals surface area contributed by atoms with Crippen LogP contribution >= 0.6 is 0 Å². The number of hydrogen-bond acceptors (Lipinski definition) is 3. The molecule has 0 heterocycles. The average molecular weight is 267 g/mol. The first-order valence-corrected chi connectivity index (χ1v) is 8.51. The molecule has 2 N–H and O–H groups in total. The molecule has 1 saturated carbocycles. The highest BCUT2D eigenvalue weighted by Crippen LogP contribution is 2.49. The van der Waals surface area contributed by atoms with Crippen molar-refractivity contribution < 1.29 is 8.42 Å². The maximum absolute atomic E-state index is 11.0. The van der Waals surface area contributed by atoms with Crippen molar-refractivity contribution in [1.29, 1.82) is 0 Å². The standard InChI is InChI=1S/C14H21NO2S/c1-18(16,17)9-5-8-14(15)13-10-12(13)11-6-3-2-4-7-11/h2-4,6-7,12-14H,5,8-10,15H2,1H3. The molecule has 0 bridgehead atoms. The van der Waals surface area contributed by atoms with Crippen molar-refractivity contribution in [3.63, 3.8) is 0 Å². The molecule has 1 aliphatic carbocycles. The van der Waals surface area contributed by atoms with Gasteiger partial charge in [-0.3, -0.25) is 0 Å². The third-order valence-corrected chi connectivity index (χ3v) is 4.70. The third-order valence-electron chi connectivity index (χ3n) is 3.67. The van der Waals surface area contributed by atoms with E-state index in [0.717, 1.165) is 12.8 Å². The highest BCUT2D eigenvalue weighted by Gasteiger charge is 2.41. The van der Waals surface area contributed by atoms with E-state index in [-0.39, 0.29) is 11.8 Å². The van der Waals surface area contributed by atoms with Crippen LogP contribution in [-0.4, -0.2) is 26.5 Å². The van der Waals surface area contributed by atoms with Crippen LogP contribution in [0.1, 0.15) is 30.7 Å². The molecule has 0 aromatic heterocycles. The normalized spacial score (nSPS) is 24.8. The summed E-state index contributed by atoms with van der Waals surface area (Å²) in [6.07, 6.45) is 3.91. The Kier molecular flexibility index (Phi) is 4.07. The van der Waals surface area contributed by atoms with Crippen LogP contribution in [0.15, 0.2) is 30.3 Å². The first kappa shape index (κ1) is 13.6. The quantitative estimate of drug-likeness (QED) is 0.857. The Labute approximate surface area is 109 Å². The first-order chi connectivity index (χ1) is 8.47. The summed E-state index contributed by atoms with van der Waals surface area (Å²) in [5.74, 6) is 1.37. The van der Waals surface area contributed by atoms with Crippen LogP contribution in [0.4, 0.5) is 0 Å². The summed E-state index contributed by atoms with van der Waals surface area (Å²) in [5.41, 5.74) is 7.50. The van der Waals surface area contributed by atoms with Crippen molar-refractivity contribution in [2.24, 2.45) is 11.7 Å². The lowest BCUT2D eigenvalue weighted by Crippen LogP contribution is -2.24. The van der Waals surface area contributed by atoms with Crippen LogP contribution in [0, 0.1) is 5.92 Å². The Morgan fingerprint density at radius 2 is 2.00 bits per heavy atom. The van der Waals surface area contributed by atoms with Crippen LogP contribution in [0.25, 0.3) is 0 Å². The van der Waals surface area contributed by atoms with Gasteiger partial charge in [-0.25, -0.2) is 8.42 Å². The van der Waals surface area contributed by atoms with Crippen LogP contribution in [0.2, 0.25) is 0 Å². The van der Waals surface area contributed by atoms with E-state index < -0.39 is 9.84 Å². The molecule has 0 spiro atoms. The van der Waals surface area contributed by atoms with Gasteiger partial charge >= 0.3 is 0 Å². The molecule has 4 heteroatoms. The lowest BCUT2D eigenvalue weighted by molar-refractivity contribution is 0.528. The van der Waals surface area contributed by atoms with Gasteiger partial charge in [0.1, 0.15) is 9.84 Å². The lowest BCUT2D eigenvalue weighted by atomic mass is 10.0. The van der Waals surface area contributed by atoms with E-state index in [1.807, 2.05) is 6.07 Å². The number of sulfone groups is 1. The van der Waals surface area contributed by atoms with Gasteiger partial charge in [0.05, 0.1) is 0 Å². The fourth-order valence-corrected chi connectivity index (χ4v) is 3.26. The minimum absolute atomic E-state index is 0.136. The summed E-state index contributed by atoms with van der Waals surface area (Å²) in [5, 5.41) is 0. The second-order valence-electron chi connectivity index (χ2n) is 5.35. The molecule has 3 atom stereocenters.